The van der Waals surface area contributed by atoms with Gasteiger partial charge in [-0.05, 0) is 90.3 Å². The summed E-state index contributed by atoms with van der Waals surface area (Å²) in [6, 6.07) is 33.0. The fourth-order valence-electron chi connectivity index (χ4n) is 6.53. The maximum absolute atomic E-state index is 9.29. The first kappa shape index (κ1) is 18.0. The molecule has 0 saturated carbocycles. The van der Waals surface area contributed by atoms with Gasteiger partial charge in [0.2, 0.25) is 0 Å². The quantitative estimate of drug-likeness (QED) is 0.188. The molecule has 0 bridgehead atoms. The summed E-state index contributed by atoms with van der Waals surface area (Å²) >= 11 is 0. The van der Waals surface area contributed by atoms with E-state index in [9.17, 15) is 1.37 Å². The molecule has 0 atom stereocenters. The van der Waals surface area contributed by atoms with Crippen LogP contribution in [0.3, 0.4) is 0 Å². The Morgan fingerprint density at radius 1 is 0.356 bits per heavy atom. The predicted molar refractivity (Wildman–Crippen MR) is 190 cm³/mol. The van der Waals surface area contributed by atoms with Crippen LogP contribution >= 0.6 is 0 Å². The standard InChI is InChI=1S/C44H28O/c1-2-13-29(14-3-1)33-17-4-5-19-35(33)44-38-22-8-6-20-36(38)43(37-21-7-9-23-39(37)44)32-16-12-15-30(27-32)31-25-26-42-40(28-31)34-18-10-11-24-41(34)45-42/h1-28H/i1D,2D,3D,4D,5D,13D,14D,17D,19D. The van der Waals surface area contributed by atoms with E-state index in [4.69, 9.17) is 15.4 Å². The highest BCUT2D eigenvalue weighted by molar-refractivity contribution is 6.22. The molecule has 0 N–H and O–H groups in total. The molecule has 1 heterocycles. The molecule has 8 aromatic carbocycles. The zero-order valence-corrected chi connectivity index (χ0v) is 23.9. The highest BCUT2D eigenvalue weighted by atomic mass is 16.3. The molecule has 0 spiro atoms. The molecule has 1 aromatic heterocycles. The van der Waals surface area contributed by atoms with Crippen LogP contribution in [0.2, 0.25) is 0 Å². The lowest BCUT2D eigenvalue weighted by atomic mass is 9.83. The van der Waals surface area contributed by atoms with Crippen molar-refractivity contribution in [1.29, 1.82) is 0 Å². The zero-order chi connectivity index (χ0) is 37.6. The molecule has 9 rings (SSSR count). The lowest BCUT2D eigenvalue weighted by Gasteiger charge is -2.20. The molecule has 0 aliphatic rings. The summed E-state index contributed by atoms with van der Waals surface area (Å²) in [5.74, 6) is 0. The second-order valence-corrected chi connectivity index (χ2v) is 11.0. The van der Waals surface area contributed by atoms with E-state index in [0.29, 0.717) is 16.3 Å². The number of benzene rings is 8. The molecule has 0 aliphatic carbocycles. The number of para-hydroxylation sites is 1. The Bertz CT molecular complexity index is 2970. The molecular formula is C44H28O. The Balaban J connectivity index is 1.35. The van der Waals surface area contributed by atoms with E-state index in [1.165, 1.54) is 0 Å². The minimum atomic E-state index is -0.589. The second-order valence-electron chi connectivity index (χ2n) is 11.0. The minimum Gasteiger partial charge on any atom is -0.456 e. The van der Waals surface area contributed by atoms with E-state index in [1.807, 2.05) is 84.9 Å². The molecule has 9 aromatic rings. The lowest BCUT2D eigenvalue weighted by Crippen LogP contribution is -1.92. The molecule has 0 unspecified atom stereocenters. The van der Waals surface area contributed by atoms with Crippen molar-refractivity contribution in [2.45, 2.75) is 0 Å². The molecule has 0 fully saturated rings. The van der Waals surface area contributed by atoms with Gasteiger partial charge in [-0.25, -0.2) is 0 Å². The van der Waals surface area contributed by atoms with Gasteiger partial charge in [0.15, 0.2) is 0 Å². The van der Waals surface area contributed by atoms with Crippen LogP contribution in [0, 0.1) is 0 Å². The molecule has 1 heteroatoms. The third-order valence-electron chi connectivity index (χ3n) is 8.48. The number of fused-ring (bicyclic) bond motifs is 5. The summed E-state index contributed by atoms with van der Waals surface area (Å²) in [4.78, 5) is 0. The van der Waals surface area contributed by atoms with Gasteiger partial charge in [0.1, 0.15) is 11.2 Å². The maximum Gasteiger partial charge on any atom is 0.135 e. The molecular weight excluding hydrogens is 544 g/mol. The van der Waals surface area contributed by atoms with Gasteiger partial charge >= 0.3 is 0 Å². The van der Waals surface area contributed by atoms with Crippen LogP contribution in [0.25, 0.3) is 88.0 Å². The van der Waals surface area contributed by atoms with Gasteiger partial charge in [-0.2, -0.15) is 0 Å². The maximum atomic E-state index is 9.29. The Kier molecular flexibility index (Phi) is 4.15. The van der Waals surface area contributed by atoms with Crippen LogP contribution in [0.5, 0.6) is 0 Å². The number of hydrogen-bond donors (Lipinski definition) is 0. The first-order valence-corrected chi connectivity index (χ1v) is 14.7. The highest BCUT2D eigenvalue weighted by Crippen LogP contribution is 2.46. The average Bonchev–Trinajstić information content (AvgIpc) is 3.58. The van der Waals surface area contributed by atoms with E-state index in [-0.39, 0.29) is 22.7 Å². The van der Waals surface area contributed by atoms with E-state index >= 15 is 0 Å². The lowest BCUT2D eigenvalue weighted by molar-refractivity contribution is 0.669. The fraction of sp³-hybridized carbons (Fsp3) is 0. The van der Waals surface area contributed by atoms with Gasteiger partial charge in [0, 0.05) is 10.8 Å². The Labute approximate surface area is 274 Å². The zero-order valence-electron chi connectivity index (χ0n) is 32.9. The first-order chi connectivity index (χ1) is 26.1. The largest absolute Gasteiger partial charge is 0.456 e. The van der Waals surface area contributed by atoms with E-state index in [2.05, 4.69) is 30.3 Å². The summed E-state index contributed by atoms with van der Waals surface area (Å²) in [5.41, 5.74) is 5.62. The van der Waals surface area contributed by atoms with Crippen LogP contribution in [-0.4, -0.2) is 0 Å². The molecule has 1 nitrogen and oxygen atoms in total. The summed E-state index contributed by atoms with van der Waals surface area (Å²) < 4.78 is 84.5. The Morgan fingerprint density at radius 2 is 0.911 bits per heavy atom. The smallest absolute Gasteiger partial charge is 0.135 e. The Morgan fingerprint density at radius 3 is 1.64 bits per heavy atom. The van der Waals surface area contributed by atoms with Crippen molar-refractivity contribution in [3.05, 3.63) is 170 Å². The highest BCUT2D eigenvalue weighted by Gasteiger charge is 2.19. The van der Waals surface area contributed by atoms with Crippen LogP contribution in [-0.2, 0) is 0 Å². The van der Waals surface area contributed by atoms with Crippen LogP contribution in [0.1, 0.15) is 12.3 Å². The van der Waals surface area contributed by atoms with E-state index < -0.39 is 48.3 Å². The molecule has 0 radical (unpaired) electrons. The van der Waals surface area contributed by atoms with Crippen LogP contribution in [0.4, 0.5) is 0 Å². The Hall–Kier alpha value is -5.92. The van der Waals surface area contributed by atoms with Crippen molar-refractivity contribution in [2.75, 3.05) is 0 Å². The summed E-state index contributed by atoms with van der Waals surface area (Å²) in [5, 5.41) is 5.07. The van der Waals surface area contributed by atoms with Gasteiger partial charge in [0.25, 0.3) is 0 Å². The molecule has 0 amide bonds. The summed E-state index contributed by atoms with van der Waals surface area (Å²) in [7, 11) is 0. The van der Waals surface area contributed by atoms with Crippen molar-refractivity contribution >= 4 is 43.5 Å². The van der Waals surface area contributed by atoms with E-state index in [0.717, 1.165) is 55.0 Å². The molecule has 0 aliphatic heterocycles. The number of rotatable bonds is 4. The van der Waals surface area contributed by atoms with Crippen molar-refractivity contribution in [2.24, 2.45) is 0 Å². The van der Waals surface area contributed by atoms with Gasteiger partial charge in [0.05, 0.1) is 12.3 Å². The minimum absolute atomic E-state index is 0.0628. The SMILES string of the molecule is [2H]c1c([2H])c([2H])c(-c2c([2H])c([2H])c([2H])c([2H])c2-c2c3ccccc3c(-c3cccc(-c4ccc5oc6ccccc6c5c4)c3)c3ccccc23)c([2H])c1[2H]. The van der Waals surface area contributed by atoms with Crippen molar-refractivity contribution < 1.29 is 16.8 Å². The molecule has 210 valence electrons. The van der Waals surface area contributed by atoms with Crippen LogP contribution < -0.4 is 0 Å². The third-order valence-corrected chi connectivity index (χ3v) is 8.48. The molecule has 0 saturated heterocycles. The van der Waals surface area contributed by atoms with Crippen LogP contribution in [0.15, 0.2) is 174 Å². The number of furan rings is 1. The summed E-state index contributed by atoms with van der Waals surface area (Å²) in [6.07, 6.45) is 0. The van der Waals surface area contributed by atoms with Gasteiger partial charge in [-0.1, -0.05) is 145 Å². The first-order valence-electron chi connectivity index (χ1n) is 19.2. The second kappa shape index (κ2) is 10.4. The topological polar surface area (TPSA) is 13.1 Å². The monoisotopic (exact) mass is 581 g/mol. The predicted octanol–water partition coefficient (Wildman–Crippen LogP) is 12.6. The van der Waals surface area contributed by atoms with Gasteiger partial charge in [-0.3, -0.25) is 0 Å². The summed E-state index contributed by atoms with van der Waals surface area (Å²) in [6.45, 7) is 0. The molecule has 45 heavy (non-hydrogen) atoms. The number of hydrogen-bond acceptors (Lipinski definition) is 1. The van der Waals surface area contributed by atoms with E-state index in [1.54, 1.807) is 0 Å². The average molecular weight is 582 g/mol. The van der Waals surface area contributed by atoms with Crippen molar-refractivity contribution in [3.63, 3.8) is 0 Å². The van der Waals surface area contributed by atoms with Gasteiger partial charge < -0.3 is 4.42 Å². The fourth-order valence-corrected chi connectivity index (χ4v) is 6.53. The van der Waals surface area contributed by atoms with Gasteiger partial charge in [-0.15, -0.1) is 0 Å². The third kappa shape index (κ3) is 4.17. The van der Waals surface area contributed by atoms with Crippen molar-refractivity contribution in [1.82, 2.24) is 0 Å². The van der Waals surface area contributed by atoms with Crippen molar-refractivity contribution in [3.8, 4) is 44.5 Å². The normalized spacial score (nSPS) is 14.4.